The molecule has 3 heteroatoms. The van der Waals surface area contributed by atoms with Gasteiger partial charge in [0.25, 0.3) is 0 Å². The van der Waals surface area contributed by atoms with Crippen molar-refractivity contribution in [2.45, 2.75) is 96.5 Å². The first kappa shape index (κ1) is 20.2. The summed E-state index contributed by atoms with van der Waals surface area (Å²) in [4.78, 5) is 10.5. The first-order chi connectivity index (χ1) is 11.1. The van der Waals surface area contributed by atoms with Crippen LogP contribution in [0.3, 0.4) is 0 Å². The van der Waals surface area contributed by atoms with Crippen LogP contribution in [0.5, 0.6) is 0 Å². The molecule has 0 radical (unpaired) electrons. The zero-order valence-corrected chi connectivity index (χ0v) is 14.9. The number of carboxylic acids is 1. The Kier molecular flexibility index (Phi) is 11.1. The molecule has 134 valence electrons. The van der Waals surface area contributed by atoms with Crippen molar-refractivity contribution in [3.63, 3.8) is 0 Å². The average Bonchev–Trinajstić information content (AvgIpc) is 2.96. The SMILES string of the molecule is CCCCC[C@H](O)C=CC1CCC[C@@H]1CCCCCCC(=O)O. The Balaban J connectivity index is 2.16. The molecule has 0 saturated heterocycles. The van der Waals surface area contributed by atoms with E-state index in [0.29, 0.717) is 12.3 Å². The average molecular weight is 325 g/mol. The Morgan fingerprint density at radius 1 is 1.13 bits per heavy atom. The van der Waals surface area contributed by atoms with E-state index in [4.69, 9.17) is 5.11 Å². The Morgan fingerprint density at radius 3 is 2.65 bits per heavy atom. The number of aliphatic hydroxyl groups excluding tert-OH is 1. The van der Waals surface area contributed by atoms with Gasteiger partial charge in [0, 0.05) is 6.42 Å². The minimum atomic E-state index is -0.677. The number of carbonyl (C=O) groups is 1. The highest BCUT2D eigenvalue weighted by atomic mass is 16.4. The summed E-state index contributed by atoms with van der Waals surface area (Å²) in [6.07, 6.45) is 18.1. The Hall–Kier alpha value is -0.830. The number of allylic oxidation sites excluding steroid dienone is 1. The van der Waals surface area contributed by atoms with Crippen molar-refractivity contribution in [2.24, 2.45) is 11.8 Å². The van der Waals surface area contributed by atoms with E-state index < -0.39 is 5.97 Å². The van der Waals surface area contributed by atoms with Crippen molar-refractivity contribution in [1.82, 2.24) is 0 Å². The molecule has 0 aliphatic heterocycles. The second kappa shape index (κ2) is 12.6. The van der Waals surface area contributed by atoms with Crippen LogP contribution < -0.4 is 0 Å². The zero-order chi connectivity index (χ0) is 16.9. The van der Waals surface area contributed by atoms with E-state index in [9.17, 15) is 9.90 Å². The lowest BCUT2D eigenvalue weighted by Crippen LogP contribution is -2.08. The predicted molar refractivity (Wildman–Crippen MR) is 95.5 cm³/mol. The minimum Gasteiger partial charge on any atom is -0.481 e. The van der Waals surface area contributed by atoms with Crippen LogP contribution in [0.2, 0.25) is 0 Å². The Bertz CT molecular complexity index is 338. The van der Waals surface area contributed by atoms with Crippen molar-refractivity contribution in [1.29, 1.82) is 0 Å². The topological polar surface area (TPSA) is 57.5 Å². The maximum atomic E-state index is 10.5. The molecule has 0 aromatic rings. The highest BCUT2D eigenvalue weighted by molar-refractivity contribution is 5.66. The fraction of sp³-hybridized carbons (Fsp3) is 0.850. The van der Waals surface area contributed by atoms with Gasteiger partial charge in [-0.25, -0.2) is 0 Å². The third-order valence-electron chi connectivity index (χ3n) is 5.12. The third-order valence-corrected chi connectivity index (χ3v) is 5.12. The van der Waals surface area contributed by atoms with Crippen molar-refractivity contribution < 1.29 is 15.0 Å². The third kappa shape index (κ3) is 9.80. The van der Waals surface area contributed by atoms with Gasteiger partial charge in [0.1, 0.15) is 0 Å². The van der Waals surface area contributed by atoms with Gasteiger partial charge in [-0.3, -0.25) is 4.79 Å². The number of carboxylic acid groups (broad SMARTS) is 1. The van der Waals surface area contributed by atoms with Crippen LogP contribution in [0.1, 0.15) is 90.4 Å². The molecule has 0 bridgehead atoms. The molecule has 1 unspecified atom stereocenters. The van der Waals surface area contributed by atoms with Gasteiger partial charge in [-0.15, -0.1) is 0 Å². The first-order valence-electron chi connectivity index (χ1n) is 9.71. The number of aliphatic carboxylic acids is 1. The van der Waals surface area contributed by atoms with Crippen LogP contribution in [-0.4, -0.2) is 22.3 Å². The fourth-order valence-electron chi connectivity index (χ4n) is 3.68. The molecular formula is C20H36O3. The van der Waals surface area contributed by atoms with Crippen LogP contribution in [-0.2, 0) is 4.79 Å². The van der Waals surface area contributed by atoms with Crippen molar-refractivity contribution in [2.75, 3.05) is 0 Å². The van der Waals surface area contributed by atoms with Gasteiger partial charge in [0.2, 0.25) is 0 Å². The van der Waals surface area contributed by atoms with Crippen molar-refractivity contribution in [3.8, 4) is 0 Å². The molecule has 0 heterocycles. The van der Waals surface area contributed by atoms with E-state index in [-0.39, 0.29) is 6.10 Å². The maximum Gasteiger partial charge on any atom is 0.303 e. The van der Waals surface area contributed by atoms with Crippen LogP contribution in [0.25, 0.3) is 0 Å². The lowest BCUT2D eigenvalue weighted by atomic mass is 9.89. The van der Waals surface area contributed by atoms with E-state index in [2.05, 4.69) is 13.0 Å². The van der Waals surface area contributed by atoms with Crippen LogP contribution in [0.15, 0.2) is 12.2 Å². The normalized spacial score (nSPS) is 22.7. The molecule has 3 atom stereocenters. The van der Waals surface area contributed by atoms with Crippen LogP contribution in [0, 0.1) is 11.8 Å². The number of hydrogen-bond acceptors (Lipinski definition) is 2. The number of unbranched alkanes of at least 4 members (excludes halogenated alkanes) is 5. The summed E-state index contributed by atoms with van der Waals surface area (Å²) < 4.78 is 0. The molecule has 0 aromatic heterocycles. The Labute approximate surface area is 142 Å². The Morgan fingerprint density at radius 2 is 1.91 bits per heavy atom. The van der Waals surface area contributed by atoms with Gasteiger partial charge in [0.15, 0.2) is 0 Å². The second-order valence-electron chi connectivity index (χ2n) is 7.15. The highest BCUT2D eigenvalue weighted by Crippen LogP contribution is 2.36. The van der Waals surface area contributed by atoms with Gasteiger partial charge in [-0.05, 0) is 43.9 Å². The number of aliphatic hydroxyl groups is 1. The summed E-state index contributed by atoms with van der Waals surface area (Å²) in [5.74, 6) is 0.742. The molecule has 0 spiro atoms. The molecule has 0 aromatic carbocycles. The summed E-state index contributed by atoms with van der Waals surface area (Å²) >= 11 is 0. The number of hydrogen-bond donors (Lipinski definition) is 2. The quantitative estimate of drug-likeness (QED) is 0.356. The van der Waals surface area contributed by atoms with E-state index in [1.807, 2.05) is 6.08 Å². The largest absolute Gasteiger partial charge is 0.481 e. The lowest BCUT2D eigenvalue weighted by molar-refractivity contribution is -0.137. The zero-order valence-electron chi connectivity index (χ0n) is 14.9. The van der Waals surface area contributed by atoms with Crippen LogP contribution in [0.4, 0.5) is 0 Å². The molecule has 1 rings (SSSR count). The van der Waals surface area contributed by atoms with E-state index >= 15 is 0 Å². The molecule has 1 saturated carbocycles. The molecule has 1 aliphatic carbocycles. The van der Waals surface area contributed by atoms with Gasteiger partial charge in [0.05, 0.1) is 6.10 Å². The van der Waals surface area contributed by atoms with Gasteiger partial charge in [-0.2, -0.15) is 0 Å². The first-order valence-corrected chi connectivity index (χ1v) is 9.71. The summed E-state index contributed by atoms with van der Waals surface area (Å²) in [6, 6.07) is 0. The summed E-state index contributed by atoms with van der Waals surface area (Å²) in [5, 5.41) is 18.6. The lowest BCUT2D eigenvalue weighted by Gasteiger charge is -2.16. The minimum absolute atomic E-state index is 0.265. The van der Waals surface area contributed by atoms with E-state index in [0.717, 1.165) is 38.0 Å². The standard InChI is InChI=1S/C20H36O3/c1-2-3-6-13-19(21)16-15-18-12-9-11-17(18)10-7-4-5-8-14-20(22)23/h15-19,21H,2-14H2,1H3,(H,22,23)/t17-,18?,19-/m0/s1. The molecule has 3 nitrogen and oxygen atoms in total. The van der Waals surface area contributed by atoms with Crippen molar-refractivity contribution in [3.05, 3.63) is 12.2 Å². The summed E-state index contributed by atoms with van der Waals surface area (Å²) in [6.45, 7) is 2.19. The molecule has 23 heavy (non-hydrogen) atoms. The maximum absolute atomic E-state index is 10.5. The smallest absolute Gasteiger partial charge is 0.303 e. The van der Waals surface area contributed by atoms with Gasteiger partial charge < -0.3 is 10.2 Å². The summed E-state index contributed by atoms with van der Waals surface area (Å²) in [7, 11) is 0. The van der Waals surface area contributed by atoms with Gasteiger partial charge >= 0.3 is 5.97 Å². The van der Waals surface area contributed by atoms with Gasteiger partial charge in [-0.1, -0.05) is 64.0 Å². The molecule has 0 amide bonds. The molecular weight excluding hydrogens is 288 g/mol. The second-order valence-corrected chi connectivity index (χ2v) is 7.15. The highest BCUT2D eigenvalue weighted by Gasteiger charge is 2.24. The van der Waals surface area contributed by atoms with Crippen molar-refractivity contribution >= 4 is 5.97 Å². The number of rotatable bonds is 13. The van der Waals surface area contributed by atoms with E-state index in [1.54, 1.807) is 0 Å². The van der Waals surface area contributed by atoms with Crippen LogP contribution >= 0.6 is 0 Å². The predicted octanol–water partition coefficient (Wildman–Crippen LogP) is 5.33. The monoisotopic (exact) mass is 324 g/mol. The molecule has 1 fully saturated rings. The molecule has 1 aliphatic rings. The fourth-order valence-corrected chi connectivity index (χ4v) is 3.68. The van der Waals surface area contributed by atoms with E-state index in [1.165, 1.54) is 44.9 Å². The molecule has 2 N–H and O–H groups in total. The summed E-state index contributed by atoms with van der Waals surface area (Å²) in [5.41, 5.74) is 0.